The van der Waals surface area contributed by atoms with Gasteiger partial charge < -0.3 is 10.2 Å². The van der Waals surface area contributed by atoms with E-state index in [1.165, 1.54) is 11.0 Å². The van der Waals surface area contributed by atoms with E-state index in [1.54, 1.807) is 6.92 Å². The van der Waals surface area contributed by atoms with Crippen LogP contribution in [0.15, 0.2) is 42.5 Å². The number of anilines is 1. The number of carbonyl (C=O) groups excluding carboxylic acids is 2. The third-order valence-corrected chi connectivity index (χ3v) is 6.67. The Hall–Kier alpha value is -2.65. The lowest BCUT2D eigenvalue weighted by atomic mass is 10.1. The van der Waals surface area contributed by atoms with Crippen LogP contribution in [0.3, 0.4) is 0 Å². The SMILES string of the molecule is CCCNC(=O)[C@@H](CC)N(Cc1cccc(C)c1)C(=O)CN(c1ccc(F)c(Cl)c1)S(C)(=O)=O. The van der Waals surface area contributed by atoms with Gasteiger partial charge in [0.1, 0.15) is 18.4 Å². The maximum atomic E-state index is 13.6. The molecule has 0 aromatic heterocycles. The van der Waals surface area contributed by atoms with Gasteiger partial charge in [0.2, 0.25) is 21.8 Å². The Balaban J connectivity index is 2.44. The van der Waals surface area contributed by atoms with Crippen LogP contribution in [-0.4, -0.2) is 50.5 Å². The summed E-state index contributed by atoms with van der Waals surface area (Å²) in [6.45, 7) is 5.66. The van der Waals surface area contributed by atoms with Crippen LogP contribution in [0.2, 0.25) is 5.02 Å². The zero-order valence-electron chi connectivity index (χ0n) is 19.8. The first-order chi connectivity index (χ1) is 16.0. The molecule has 0 radical (unpaired) electrons. The molecule has 0 bridgehead atoms. The van der Waals surface area contributed by atoms with Crippen LogP contribution in [0, 0.1) is 12.7 Å². The summed E-state index contributed by atoms with van der Waals surface area (Å²) < 4.78 is 39.6. The fourth-order valence-corrected chi connectivity index (χ4v) is 4.56. The lowest BCUT2D eigenvalue weighted by molar-refractivity contribution is -0.140. The molecule has 7 nitrogen and oxygen atoms in total. The summed E-state index contributed by atoms with van der Waals surface area (Å²) in [5, 5.41) is 2.56. The first-order valence-corrected chi connectivity index (χ1v) is 13.3. The van der Waals surface area contributed by atoms with E-state index in [-0.39, 0.29) is 23.2 Å². The van der Waals surface area contributed by atoms with Crippen molar-refractivity contribution in [1.82, 2.24) is 10.2 Å². The van der Waals surface area contributed by atoms with Crippen molar-refractivity contribution in [2.45, 2.75) is 46.2 Å². The standard InChI is InChI=1S/C24H31ClFN3O4S/c1-5-12-27-24(31)22(6-2)28(15-18-9-7-8-17(3)13-18)23(30)16-29(34(4,32)33)19-10-11-21(26)20(25)14-19/h7-11,13-14,22H,5-6,12,15-16H2,1-4H3,(H,27,31)/t22-/m1/s1. The maximum Gasteiger partial charge on any atom is 0.244 e. The third-order valence-electron chi connectivity index (χ3n) is 5.24. The van der Waals surface area contributed by atoms with Crippen LogP contribution >= 0.6 is 11.6 Å². The van der Waals surface area contributed by atoms with Crippen molar-refractivity contribution in [1.29, 1.82) is 0 Å². The molecule has 0 fully saturated rings. The summed E-state index contributed by atoms with van der Waals surface area (Å²) in [6.07, 6.45) is 2.03. The van der Waals surface area contributed by atoms with E-state index in [1.807, 2.05) is 38.1 Å². The second-order valence-electron chi connectivity index (χ2n) is 8.09. The van der Waals surface area contributed by atoms with E-state index < -0.39 is 34.3 Å². The Kier molecular flexibility index (Phi) is 9.88. The van der Waals surface area contributed by atoms with Crippen molar-refractivity contribution < 1.29 is 22.4 Å². The van der Waals surface area contributed by atoms with Gasteiger partial charge in [0.25, 0.3) is 0 Å². The molecule has 0 saturated carbocycles. The number of carbonyl (C=O) groups is 2. The summed E-state index contributed by atoms with van der Waals surface area (Å²) in [6, 6.07) is 10.2. The predicted molar refractivity (Wildman–Crippen MR) is 133 cm³/mol. The number of sulfonamides is 1. The fraction of sp³-hybridized carbons (Fsp3) is 0.417. The zero-order valence-corrected chi connectivity index (χ0v) is 21.4. The number of nitrogens with one attached hydrogen (secondary N) is 1. The molecule has 34 heavy (non-hydrogen) atoms. The Bertz CT molecular complexity index is 1130. The van der Waals surface area contributed by atoms with Gasteiger partial charge in [-0.2, -0.15) is 0 Å². The van der Waals surface area contributed by atoms with Crippen molar-refractivity contribution in [2.24, 2.45) is 0 Å². The highest BCUT2D eigenvalue weighted by atomic mass is 35.5. The lowest BCUT2D eigenvalue weighted by Gasteiger charge is -2.33. The third kappa shape index (κ3) is 7.43. The molecule has 1 atom stereocenters. The molecule has 0 aliphatic carbocycles. The van der Waals surface area contributed by atoms with Gasteiger partial charge in [-0.3, -0.25) is 13.9 Å². The van der Waals surface area contributed by atoms with E-state index in [9.17, 15) is 22.4 Å². The van der Waals surface area contributed by atoms with Crippen LogP contribution in [0.1, 0.15) is 37.8 Å². The van der Waals surface area contributed by atoms with Crippen molar-refractivity contribution in [2.75, 3.05) is 23.7 Å². The summed E-state index contributed by atoms with van der Waals surface area (Å²) in [5.74, 6) is -1.57. The highest BCUT2D eigenvalue weighted by Gasteiger charge is 2.31. The normalized spacial score (nSPS) is 12.2. The average Bonchev–Trinajstić information content (AvgIpc) is 2.77. The van der Waals surface area contributed by atoms with Gasteiger partial charge in [-0.15, -0.1) is 0 Å². The number of nitrogens with zero attached hydrogens (tertiary/aromatic N) is 2. The van der Waals surface area contributed by atoms with Crippen molar-refractivity contribution in [3.63, 3.8) is 0 Å². The van der Waals surface area contributed by atoms with Gasteiger partial charge in [0.05, 0.1) is 17.0 Å². The van der Waals surface area contributed by atoms with Crippen LogP contribution in [0.25, 0.3) is 0 Å². The van der Waals surface area contributed by atoms with E-state index in [2.05, 4.69) is 5.32 Å². The highest BCUT2D eigenvalue weighted by Crippen LogP contribution is 2.25. The summed E-state index contributed by atoms with van der Waals surface area (Å²) in [7, 11) is -3.92. The molecular weight excluding hydrogens is 481 g/mol. The molecule has 0 aliphatic heterocycles. The van der Waals surface area contributed by atoms with E-state index in [4.69, 9.17) is 11.6 Å². The minimum Gasteiger partial charge on any atom is -0.354 e. The summed E-state index contributed by atoms with van der Waals surface area (Å²) in [5.41, 5.74) is 1.86. The van der Waals surface area contributed by atoms with Gasteiger partial charge in [-0.05, 0) is 43.5 Å². The summed E-state index contributed by atoms with van der Waals surface area (Å²) >= 11 is 5.85. The van der Waals surface area contributed by atoms with Crippen LogP contribution in [-0.2, 0) is 26.2 Å². The quantitative estimate of drug-likeness (QED) is 0.496. The Labute approximate surface area is 205 Å². The monoisotopic (exact) mass is 511 g/mol. The number of aryl methyl sites for hydroxylation is 1. The van der Waals surface area contributed by atoms with Gasteiger partial charge in [0, 0.05) is 13.1 Å². The van der Waals surface area contributed by atoms with E-state index in [0.29, 0.717) is 13.0 Å². The molecule has 0 unspecified atom stereocenters. The first-order valence-electron chi connectivity index (χ1n) is 11.0. The number of halogens is 2. The molecule has 2 amide bonds. The first kappa shape index (κ1) is 27.6. The van der Waals surface area contributed by atoms with Gasteiger partial charge >= 0.3 is 0 Å². The number of hydrogen-bond acceptors (Lipinski definition) is 4. The average molecular weight is 512 g/mol. The molecule has 0 aliphatic rings. The smallest absolute Gasteiger partial charge is 0.244 e. The number of benzene rings is 2. The Morgan fingerprint density at radius 2 is 1.85 bits per heavy atom. The minimum atomic E-state index is -3.92. The molecular formula is C24H31ClFN3O4S. The molecule has 2 aromatic rings. The highest BCUT2D eigenvalue weighted by molar-refractivity contribution is 7.92. The zero-order chi connectivity index (χ0) is 25.5. The van der Waals surface area contributed by atoms with Crippen LogP contribution in [0.4, 0.5) is 10.1 Å². The van der Waals surface area contributed by atoms with E-state index in [0.717, 1.165) is 40.2 Å². The molecule has 2 rings (SSSR count). The van der Waals surface area contributed by atoms with Crippen molar-refractivity contribution >= 4 is 39.1 Å². The molecule has 186 valence electrons. The van der Waals surface area contributed by atoms with Crippen molar-refractivity contribution in [3.8, 4) is 0 Å². The topological polar surface area (TPSA) is 86.8 Å². The summed E-state index contributed by atoms with van der Waals surface area (Å²) in [4.78, 5) is 27.8. The molecule has 0 heterocycles. The van der Waals surface area contributed by atoms with Gasteiger partial charge in [0.15, 0.2) is 0 Å². The number of rotatable bonds is 11. The van der Waals surface area contributed by atoms with Gasteiger partial charge in [-0.25, -0.2) is 12.8 Å². The molecule has 2 aromatic carbocycles. The molecule has 10 heteroatoms. The van der Waals surface area contributed by atoms with Gasteiger partial charge in [-0.1, -0.05) is 55.3 Å². The second kappa shape index (κ2) is 12.2. The van der Waals surface area contributed by atoms with Crippen molar-refractivity contribution in [3.05, 3.63) is 64.4 Å². The molecule has 0 saturated heterocycles. The number of amides is 2. The predicted octanol–water partition coefficient (Wildman–Crippen LogP) is 3.89. The Morgan fingerprint density at radius 1 is 1.15 bits per heavy atom. The molecule has 1 N–H and O–H groups in total. The largest absolute Gasteiger partial charge is 0.354 e. The maximum absolute atomic E-state index is 13.6. The van der Waals surface area contributed by atoms with Crippen LogP contribution in [0.5, 0.6) is 0 Å². The number of hydrogen-bond donors (Lipinski definition) is 1. The lowest BCUT2D eigenvalue weighted by Crippen LogP contribution is -2.52. The van der Waals surface area contributed by atoms with E-state index >= 15 is 0 Å². The van der Waals surface area contributed by atoms with Crippen LogP contribution < -0.4 is 9.62 Å². The Morgan fingerprint density at radius 3 is 2.41 bits per heavy atom. The second-order valence-corrected chi connectivity index (χ2v) is 10.4. The fourth-order valence-electron chi connectivity index (χ4n) is 3.55. The minimum absolute atomic E-state index is 0.0567. The molecule has 0 spiro atoms.